The zero-order chi connectivity index (χ0) is 17.8. The number of benzene rings is 1. The summed E-state index contributed by atoms with van der Waals surface area (Å²) in [6.07, 6.45) is 2.42. The molecular weight excluding hydrogens is 350 g/mol. The fourth-order valence-electron chi connectivity index (χ4n) is 2.66. The first kappa shape index (κ1) is 17.4. The molecule has 1 aromatic carbocycles. The van der Waals surface area contributed by atoms with Crippen LogP contribution in [-0.4, -0.2) is 37.5 Å². The first-order chi connectivity index (χ1) is 12.8. The molecule has 4 rings (SSSR count). The van der Waals surface area contributed by atoms with Crippen molar-refractivity contribution in [1.29, 1.82) is 0 Å². The van der Waals surface area contributed by atoms with E-state index in [2.05, 4.69) is 16.8 Å². The summed E-state index contributed by atoms with van der Waals surface area (Å²) >= 11 is 6.17. The van der Waals surface area contributed by atoms with Gasteiger partial charge in [0, 0.05) is 29.2 Å². The summed E-state index contributed by atoms with van der Waals surface area (Å²) in [5.74, 6) is 7.76. The van der Waals surface area contributed by atoms with Crippen molar-refractivity contribution in [2.24, 2.45) is 5.92 Å². The fourth-order valence-corrected chi connectivity index (χ4v) is 2.86. The number of aromatic nitrogens is 1. The van der Waals surface area contributed by atoms with Crippen molar-refractivity contribution in [2.75, 3.05) is 26.4 Å². The Morgan fingerprint density at radius 1 is 1.15 bits per heavy atom. The average molecular weight is 370 g/mol. The van der Waals surface area contributed by atoms with E-state index in [1.54, 1.807) is 6.07 Å². The summed E-state index contributed by atoms with van der Waals surface area (Å²) in [4.78, 5) is 4.41. The van der Waals surface area contributed by atoms with Crippen LogP contribution in [0, 0.1) is 17.8 Å². The lowest BCUT2D eigenvalue weighted by Gasteiger charge is -2.23. The summed E-state index contributed by atoms with van der Waals surface area (Å²) in [5, 5.41) is 0.399. The summed E-state index contributed by atoms with van der Waals surface area (Å²) in [6.45, 7) is 2.22. The molecule has 134 valence electrons. The smallest absolute Gasteiger partial charge is 0.133 e. The number of rotatable bonds is 4. The van der Waals surface area contributed by atoms with Crippen LogP contribution in [0.5, 0.6) is 5.75 Å². The van der Waals surface area contributed by atoms with Crippen molar-refractivity contribution in [3.63, 3.8) is 0 Å². The predicted octanol–water partition coefficient (Wildman–Crippen LogP) is 3.96. The maximum Gasteiger partial charge on any atom is 0.133 e. The molecular formula is C21H20ClNO3. The Balaban J connectivity index is 1.45. The Bertz CT molecular complexity index is 815. The molecule has 1 atom stereocenters. The molecule has 0 radical (unpaired) electrons. The van der Waals surface area contributed by atoms with E-state index in [-0.39, 0.29) is 6.10 Å². The Morgan fingerprint density at radius 3 is 2.73 bits per heavy atom. The maximum atomic E-state index is 6.17. The molecule has 1 saturated carbocycles. The molecule has 2 aromatic rings. The van der Waals surface area contributed by atoms with Crippen LogP contribution in [0.4, 0.5) is 0 Å². The van der Waals surface area contributed by atoms with Gasteiger partial charge < -0.3 is 14.2 Å². The number of ether oxygens (including phenoxy) is 3. The van der Waals surface area contributed by atoms with E-state index in [1.807, 2.05) is 30.3 Å². The number of hydrogen-bond acceptors (Lipinski definition) is 4. The van der Waals surface area contributed by atoms with Gasteiger partial charge in [-0.1, -0.05) is 35.6 Å². The maximum absolute atomic E-state index is 6.17. The molecule has 0 amide bonds. The van der Waals surface area contributed by atoms with Gasteiger partial charge in [-0.2, -0.15) is 0 Å². The first-order valence-corrected chi connectivity index (χ1v) is 9.26. The lowest BCUT2D eigenvalue weighted by molar-refractivity contribution is -0.101. The fraction of sp³-hybridized carbons (Fsp3) is 0.381. The molecule has 0 N–H and O–H groups in total. The summed E-state index contributed by atoms with van der Waals surface area (Å²) in [7, 11) is 0. The van der Waals surface area contributed by atoms with E-state index in [0.29, 0.717) is 43.2 Å². The van der Waals surface area contributed by atoms with E-state index in [1.165, 1.54) is 12.8 Å². The van der Waals surface area contributed by atoms with Crippen LogP contribution in [0.2, 0.25) is 5.15 Å². The van der Waals surface area contributed by atoms with Gasteiger partial charge in [0.25, 0.3) is 0 Å². The van der Waals surface area contributed by atoms with Crippen LogP contribution >= 0.6 is 11.6 Å². The normalized spacial score (nSPS) is 19.5. The molecule has 0 spiro atoms. The molecule has 1 saturated heterocycles. The van der Waals surface area contributed by atoms with Crippen molar-refractivity contribution >= 4 is 11.6 Å². The minimum Gasteiger partial charge on any atom is -0.491 e. The third-order valence-electron chi connectivity index (χ3n) is 4.27. The van der Waals surface area contributed by atoms with Crippen LogP contribution in [0.15, 0.2) is 36.4 Å². The van der Waals surface area contributed by atoms with Crippen LogP contribution in [-0.2, 0) is 9.47 Å². The summed E-state index contributed by atoms with van der Waals surface area (Å²) in [5.41, 5.74) is 2.77. The Morgan fingerprint density at radius 2 is 2.00 bits per heavy atom. The molecule has 26 heavy (non-hydrogen) atoms. The van der Waals surface area contributed by atoms with Gasteiger partial charge in [-0.3, -0.25) is 0 Å². The van der Waals surface area contributed by atoms with Crippen LogP contribution in [0.1, 0.15) is 18.4 Å². The Hall–Kier alpha value is -2.06. The average Bonchev–Trinajstić information content (AvgIpc) is 3.50. The third kappa shape index (κ3) is 4.76. The number of hydrogen-bond donors (Lipinski definition) is 0. The Labute approximate surface area is 158 Å². The minimum absolute atomic E-state index is 0.0523. The first-order valence-electron chi connectivity index (χ1n) is 8.88. The molecule has 2 aliphatic rings. The molecule has 0 unspecified atom stereocenters. The molecule has 2 fully saturated rings. The number of pyridine rings is 1. The van der Waals surface area contributed by atoms with Crippen molar-refractivity contribution < 1.29 is 14.2 Å². The molecule has 0 bridgehead atoms. The summed E-state index contributed by atoms with van der Waals surface area (Å²) in [6, 6.07) is 11.7. The zero-order valence-electron chi connectivity index (χ0n) is 14.4. The zero-order valence-corrected chi connectivity index (χ0v) is 15.2. The van der Waals surface area contributed by atoms with E-state index in [4.69, 9.17) is 25.8 Å². The second kappa shape index (κ2) is 8.09. The van der Waals surface area contributed by atoms with Gasteiger partial charge in [-0.05, 0) is 25.0 Å². The molecule has 1 aliphatic heterocycles. The highest BCUT2D eigenvalue weighted by Gasteiger charge is 2.18. The molecule has 2 heterocycles. The van der Waals surface area contributed by atoms with Crippen molar-refractivity contribution in [3.8, 4) is 28.8 Å². The van der Waals surface area contributed by atoms with Gasteiger partial charge in [0.2, 0.25) is 0 Å². The lowest BCUT2D eigenvalue weighted by atomic mass is 10.1. The second-order valence-electron chi connectivity index (χ2n) is 6.51. The third-order valence-corrected chi connectivity index (χ3v) is 4.46. The monoisotopic (exact) mass is 369 g/mol. The van der Waals surface area contributed by atoms with Gasteiger partial charge in [0.15, 0.2) is 0 Å². The minimum atomic E-state index is -0.0523. The largest absolute Gasteiger partial charge is 0.491 e. The van der Waals surface area contributed by atoms with Crippen LogP contribution < -0.4 is 4.74 Å². The van der Waals surface area contributed by atoms with Crippen molar-refractivity contribution in [3.05, 3.63) is 47.1 Å². The van der Waals surface area contributed by atoms with E-state index < -0.39 is 0 Å². The SMILES string of the molecule is Clc1cc(OC[C@H]2COCCO2)cc(-c2ccc(C#CC3CC3)cc2)n1. The summed E-state index contributed by atoms with van der Waals surface area (Å²) < 4.78 is 16.8. The van der Waals surface area contributed by atoms with Gasteiger partial charge >= 0.3 is 0 Å². The molecule has 1 aromatic heterocycles. The Kier molecular flexibility index (Phi) is 5.40. The van der Waals surface area contributed by atoms with Crippen molar-refractivity contribution in [2.45, 2.75) is 18.9 Å². The van der Waals surface area contributed by atoms with Gasteiger partial charge in [0.1, 0.15) is 23.6 Å². The highest BCUT2D eigenvalue weighted by atomic mass is 35.5. The highest BCUT2D eigenvalue weighted by Crippen LogP contribution is 2.28. The van der Waals surface area contributed by atoms with Gasteiger partial charge in [-0.25, -0.2) is 4.98 Å². The highest BCUT2D eigenvalue weighted by molar-refractivity contribution is 6.29. The van der Waals surface area contributed by atoms with E-state index in [9.17, 15) is 0 Å². The standard InChI is InChI=1S/C21H20ClNO3/c22-21-12-18(26-14-19-13-24-9-10-25-19)11-20(23-21)17-7-5-16(6-8-17)4-3-15-1-2-15/h5-8,11-12,15,19H,1-2,9-10,13-14H2/t19-/m1/s1. The predicted molar refractivity (Wildman–Crippen MR) is 100 cm³/mol. The lowest BCUT2D eigenvalue weighted by Crippen LogP contribution is -2.33. The van der Waals surface area contributed by atoms with E-state index in [0.717, 1.165) is 16.8 Å². The molecule has 5 heteroatoms. The topological polar surface area (TPSA) is 40.6 Å². The van der Waals surface area contributed by atoms with Crippen LogP contribution in [0.3, 0.4) is 0 Å². The molecule has 4 nitrogen and oxygen atoms in total. The van der Waals surface area contributed by atoms with Crippen molar-refractivity contribution in [1.82, 2.24) is 4.98 Å². The second-order valence-corrected chi connectivity index (χ2v) is 6.90. The van der Waals surface area contributed by atoms with Crippen LogP contribution in [0.25, 0.3) is 11.3 Å². The molecule has 1 aliphatic carbocycles. The number of nitrogens with zero attached hydrogens (tertiary/aromatic N) is 1. The quantitative estimate of drug-likeness (QED) is 0.604. The number of halogens is 1. The van der Waals surface area contributed by atoms with E-state index >= 15 is 0 Å². The van der Waals surface area contributed by atoms with Gasteiger partial charge in [-0.15, -0.1) is 0 Å². The van der Waals surface area contributed by atoms with Gasteiger partial charge in [0.05, 0.1) is 25.5 Å².